The van der Waals surface area contributed by atoms with Crippen LogP contribution in [0.4, 0.5) is 14.5 Å². The summed E-state index contributed by atoms with van der Waals surface area (Å²) in [6.45, 7) is 3.59. The summed E-state index contributed by atoms with van der Waals surface area (Å²) < 4.78 is 29.3. The maximum atomic E-state index is 13.5. The van der Waals surface area contributed by atoms with Crippen LogP contribution >= 0.6 is 38.6 Å². The van der Waals surface area contributed by atoms with Crippen molar-refractivity contribution < 1.29 is 18.4 Å². The number of fused-ring (bicyclic) bond motifs is 1. The topological polar surface area (TPSA) is 103 Å². The Balaban J connectivity index is 1.86. The minimum atomic E-state index is -2.79. The second kappa shape index (κ2) is 8.68. The highest BCUT2D eigenvalue weighted by Gasteiger charge is 2.25. The molecule has 0 saturated heterocycles. The lowest BCUT2D eigenvalue weighted by atomic mass is 10.1. The maximum Gasteiger partial charge on any atom is 0.280 e. The average Bonchev–Trinajstić information content (AvgIpc) is 3.41. The number of anilines is 1. The largest absolute Gasteiger partial charge is 0.365 e. The molecule has 0 saturated carbocycles. The van der Waals surface area contributed by atoms with Gasteiger partial charge in [0, 0.05) is 20.7 Å². The number of nitrogens with two attached hydrogens (primary N) is 1. The molecule has 3 N–H and O–H groups in total. The number of primary amides is 1. The number of nitrogens with zero attached hydrogens (tertiary/aromatic N) is 3. The number of pyridine rings is 1. The summed E-state index contributed by atoms with van der Waals surface area (Å²) in [7, 11) is 0. The molecule has 0 aromatic carbocycles. The molecular weight excluding hydrogens is 524 g/mol. The van der Waals surface area contributed by atoms with Gasteiger partial charge in [-0.1, -0.05) is 0 Å². The summed E-state index contributed by atoms with van der Waals surface area (Å²) in [5.41, 5.74) is 6.52. The molecule has 166 valence electrons. The lowest BCUT2D eigenvalue weighted by Gasteiger charge is -2.10. The molecule has 7 nitrogen and oxygen atoms in total. The summed E-state index contributed by atoms with van der Waals surface area (Å²) in [4.78, 5) is 30.9. The summed E-state index contributed by atoms with van der Waals surface area (Å²) >= 11 is 5.63. The standard InChI is InChI=1S/C20H16BrF2N5O2S2/c1-8-3-4-13(31-8)10-5-12(18(22)23)26-20-15(10)16(17(32-20)19(24)30)27-14(29)7-28-9(2)11(21)6-25-28/h3-6,18H,7H2,1-2H3,(H2,24,30)(H,27,29). The van der Waals surface area contributed by atoms with Gasteiger partial charge in [0.25, 0.3) is 12.3 Å². The lowest BCUT2D eigenvalue weighted by Crippen LogP contribution is -2.22. The van der Waals surface area contributed by atoms with Gasteiger partial charge in [0.1, 0.15) is 21.9 Å². The van der Waals surface area contributed by atoms with Crippen LogP contribution in [0, 0.1) is 13.8 Å². The van der Waals surface area contributed by atoms with Crippen LogP contribution in [0.1, 0.15) is 32.4 Å². The molecule has 4 rings (SSSR count). The van der Waals surface area contributed by atoms with Crippen molar-refractivity contribution in [3.63, 3.8) is 0 Å². The van der Waals surface area contributed by atoms with Crippen LogP contribution in [-0.4, -0.2) is 26.6 Å². The Morgan fingerprint density at radius 2 is 2.03 bits per heavy atom. The summed E-state index contributed by atoms with van der Waals surface area (Å²) in [6.07, 6.45) is -1.22. The molecule has 12 heteroatoms. The predicted molar refractivity (Wildman–Crippen MR) is 124 cm³/mol. The fourth-order valence-corrected chi connectivity index (χ4v) is 5.39. The van der Waals surface area contributed by atoms with Crippen LogP contribution in [0.25, 0.3) is 20.7 Å². The highest BCUT2D eigenvalue weighted by molar-refractivity contribution is 9.10. The van der Waals surface area contributed by atoms with Crippen molar-refractivity contribution in [1.82, 2.24) is 14.8 Å². The first-order valence-corrected chi connectivity index (χ1v) is 11.7. The van der Waals surface area contributed by atoms with Gasteiger partial charge in [0.05, 0.1) is 22.1 Å². The van der Waals surface area contributed by atoms with Gasteiger partial charge in [-0.3, -0.25) is 14.3 Å². The molecule has 4 aromatic heterocycles. The van der Waals surface area contributed by atoms with E-state index in [9.17, 15) is 18.4 Å². The molecule has 0 radical (unpaired) electrons. The third kappa shape index (κ3) is 4.17. The summed E-state index contributed by atoms with van der Waals surface area (Å²) in [5, 5.41) is 7.27. The van der Waals surface area contributed by atoms with E-state index in [1.165, 1.54) is 22.1 Å². The number of carbonyl (C=O) groups is 2. The van der Waals surface area contributed by atoms with Crippen LogP contribution in [0.2, 0.25) is 0 Å². The predicted octanol–water partition coefficient (Wildman–Crippen LogP) is 5.28. The molecule has 0 spiro atoms. The zero-order valence-corrected chi connectivity index (χ0v) is 20.0. The molecule has 32 heavy (non-hydrogen) atoms. The van der Waals surface area contributed by atoms with E-state index >= 15 is 0 Å². The average molecular weight is 540 g/mol. The van der Waals surface area contributed by atoms with Gasteiger partial charge in [0.15, 0.2) is 0 Å². The van der Waals surface area contributed by atoms with Gasteiger partial charge in [-0.2, -0.15) is 5.10 Å². The number of carbonyl (C=O) groups excluding carboxylic acids is 2. The number of alkyl halides is 2. The molecule has 0 unspecified atom stereocenters. The van der Waals surface area contributed by atoms with E-state index in [4.69, 9.17) is 5.73 Å². The van der Waals surface area contributed by atoms with E-state index in [0.717, 1.165) is 26.4 Å². The number of aryl methyl sites for hydroxylation is 1. The molecule has 0 fully saturated rings. The Morgan fingerprint density at radius 1 is 1.28 bits per heavy atom. The fourth-order valence-electron chi connectivity index (χ4n) is 3.19. The first-order chi connectivity index (χ1) is 15.2. The molecule has 0 aliphatic carbocycles. The number of halogens is 3. The molecule has 0 atom stereocenters. The van der Waals surface area contributed by atoms with Crippen molar-refractivity contribution in [2.45, 2.75) is 26.8 Å². The van der Waals surface area contributed by atoms with Crippen LogP contribution in [0.3, 0.4) is 0 Å². The van der Waals surface area contributed by atoms with Crippen LogP contribution < -0.4 is 11.1 Å². The second-order valence-corrected chi connectivity index (χ2v) is 10.1. The Kier molecular flexibility index (Phi) is 6.10. The van der Waals surface area contributed by atoms with Crippen molar-refractivity contribution in [3.05, 3.63) is 50.0 Å². The van der Waals surface area contributed by atoms with E-state index in [-0.39, 0.29) is 21.9 Å². The minimum Gasteiger partial charge on any atom is -0.365 e. The normalized spacial score (nSPS) is 11.4. The van der Waals surface area contributed by atoms with E-state index in [0.29, 0.717) is 15.8 Å². The Labute approximate surface area is 197 Å². The third-order valence-electron chi connectivity index (χ3n) is 4.74. The van der Waals surface area contributed by atoms with Gasteiger partial charge in [-0.05, 0) is 48.0 Å². The first kappa shape index (κ1) is 22.5. The first-order valence-electron chi connectivity index (χ1n) is 9.25. The summed E-state index contributed by atoms with van der Waals surface area (Å²) in [6, 6.07) is 4.97. The Hall–Kier alpha value is -2.70. The highest BCUT2D eigenvalue weighted by Crippen LogP contribution is 2.44. The molecule has 0 aliphatic heterocycles. The number of aromatic nitrogens is 3. The molecule has 2 amide bonds. The zero-order valence-electron chi connectivity index (χ0n) is 16.8. The number of amides is 2. The van der Waals surface area contributed by atoms with Crippen molar-refractivity contribution in [3.8, 4) is 10.4 Å². The lowest BCUT2D eigenvalue weighted by molar-refractivity contribution is -0.116. The van der Waals surface area contributed by atoms with Crippen molar-refractivity contribution in [2.24, 2.45) is 5.73 Å². The van der Waals surface area contributed by atoms with Gasteiger partial charge in [-0.25, -0.2) is 13.8 Å². The van der Waals surface area contributed by atoms with E-state index in [1.54, 1.807) is 13.1 Å². The number of hydrogen-bond acceptors (Lipinski definition) is 6. The van der Waals surface area contributed by atoms with Gasteiger partial charge < -0.3 is 11.1 Å². The Morgan fingerprint density at radius 3 is 2.59 bits per heavy atom. The van der Waals surface area contributed by atoms with Gasteiger partial charge in [-0.15, -0.1) is 22.7 Å². The molecule has 4 heterocycles. The minimum absolute atomic E-state index is 0.0418. The van der Waals surface area contributed by atoms with E-state index < -0.39 is 23.9 Å². The van der Waals surface area contributed by atoms with Crippen molar-refractivity contribution in [1.29, 1.82) is 0 Å². The number of rotatable bonds is 6. The second-order valence-electron chi connectivity index (χ2n) is 6.94. The van der Waals surface area contributed by atoms with Crippen LogP contribution in [-0.2, 0) is 11.3 Å². The van der Waals surface area contributed by atoms with Crippen LogP contribution in [0.15, 0.2) is 28.9 Å². The quantitative estimate of drug-likeness (QED) is 0.348. The van der Waals surface area contributed by atoms with E-state index in [2.05, 4.69) is 31.3 Å². The summed E-state index contributed by atoms with van der Waals surface area (Å²) in [5.74, 6) is -1.23. The van der Waals surface area contributed by atoms with Crippen LogP contribution in [0.5, 0.6) is 0 Å². The number of hydrogen-bond donors (Lipinski definition) is 2. The monoisotopic (exact) mass is 539 g/mol. The van der Waals surface area contributed by atoms with Gasteiger partial charge in [0.2, 0.25) is 5.91 Å². The molecule has 0 bridgehead atoms. The molecular formula is C20H16BrF2N5O2S2. The maximum absolute atomic E-state index is 13.5. The van der Waals surface area contributed by atoms with Crippen molar-refractivity contribution >= 4 is 66.3 Å². The van der Waals surface area contributed by atoms with E-state index in [1.807, 2.05) is 19.1 Å². The number of nitrogens with one attached hydrogen (secondary N) is 1. The highest BCUT2D eigenvalue weighted by atomic mass is 79.9. The molecule has 0 aliphatic rings. The van der Waals surface area contributed by atoms with Crippen molar-refractivity contribution in [2.75, 3.05) is 5.32 Å². The van der Waals surface area contributed by atoms with Gasteiger partial charge >= 0.3 is 0 Å². The number of thiophene rings is 2. The Bertz CT molecular complexity index is 1360. The fraction of sp³-hybridized carbons (Fsp3) is 0.200. The SMILES string of the molecule is Cc1ccc(-c2cc(C(F)F)nc3sc(C(N)=O)c(NC(=O)Cn4ncc(Br)c4C)c23)s1. The zero-order chi connectivity index (χ0) is 23.2. The molecule has 4 aromatic rings. The third-order valence-corrected chi connectivity index (χ3v) is 7.65. The smallest absolute Gasteiger partial charge is 0.280 e.